The molecule has 1 rings (SSSR count). The largest absolute Gasteiger partial charge is 0.487 e. The molecule has 6 heteroatoms. The van der Waals surface area contributed by atoms with Crippen LogP contribution in [0.2, 0.25) is 0 Å². The second-order valence-corrected chi connectivity index (χ2v) is 4.10. The van der Waals surface area contributed by atoms with Crippen molar-refractivity contribution in [3.05, 3.63) is 29.3 Å². The maximum atomic E-state index is 13.2. The molecule has 0 saturated carbocycles. The molecule has 2 nitrogen and oxygen atoms in total. The van der Waals surface area contributed by atoms with Crippen molar-refractivity contribution in [2.24, 2.45) is 0 Å². The van der Waals surface area contributed by atoms with Crippen molar-refractivity contribution in [1.29, 1.82) is 0 Å². The van der Waals surface area contributed by atoms with Crippen molar-refractivity contribution >= 4 is 0 Å². The van der Waals surface area contributed by atoms with E-state index in [1.807, 2.05) is 6.92 Å². The first-order valence-corrected chi connectivity index (χ1v) is 6.24. The first kappa shape index (κ1) is 15.8. The van der Waals surface area contributed by atoms with Crippen LogP contribution in [0.25, 0.3) is 0 Å². The molecule has 0 aliphatic heterocycles. The van der Waals surface area contributed by atoms with Crippen molar-refractivity contribution in [1.82, 2.24) is 5.32 Å². The molecule has 0 aliphatic rings. The van der Waals surface area contributed by atoms with Gasteiger partial charge in [-0.2, -0.15) is 8.78 Å². The predicted octanol–water partition coefficient (Wildman–Crippen LogP) is 3.40. The summed E-state index contributed by atoms with van der Waals surface area (Å²) in [7, 11) is 0. The van der Waals surface area contributed by atoms with E-state index in [2.05, 4.69) is 5.32 Å². The van der Waals surface area contributed by atoms with Crippen LogP contribution in [0.3, 0.4) is 0 Å². The van der Waals surface area contributed by atoms with Crippen LogP contribution in [-0.2, 0) is 0 Å². The van der Waals surface area contributed by atoms with E-state index in [9.17, 15) is 17.6 Å². The van der Waals surface area contributed by atoms with Crippen LogP contribution in [0.1, 0.15) is 26.2 Å². The highest BCUT2D eigenvalue weighted by Gasteiger charge is 2.20. The van der Waals surface area contributed by atoms with Crippen LogP contribution in [0, 0.1) is 23.3 Å². The highest BCUT2D eigenvalue weighted by Crippen LogP contribution is 2.26. The zero-order valence-electron chi connectivity index (χ0n) is 10.7. The molecule has 0 amide bonds. The lowest BCUT2D eigenvalue weighted by atomic mass is 10.3. The third-order valence-corrected chi connectivity index (χ3v) is 2.49. The van der Waals surface area contributed by atoms with Gasteiger partial charge in [0.15, 0.2) is 17.4 Å². The first-order valence-electron chi connectivity index (χ1n) is 6.24. The minimum Gasteiger partial charge on any atom is -0.487 e. The summed E-state index contributed by atoms with van der Waals surface area (Å²) in [6, 6.07) is 0.159. The van der Waals surface area contributed by atoms with Crippen LogP contribution >= 0.6 is 0 Å². The third-order valence-electron chi connectivity index (χ3n) is 2.49. The molecule has 1 N–H and O–H groups in total. The molecule has 0 unspecified atom stereocenters. The smallest absolute Gasteiger partial charge is 0.203 e. The summed E-state index contributed by atoms with van der Waals surface area (Å²) in [5.74, 6) is -6.90. The van der Waals surface area contributed by atoms with Gasteiger partial charge in [-0.1, -0.05) is 6.92 Å². The van der Waals surface area contributed by atoms with Gasteiger partial charge >= 0.3 is 0 Å². The average Bonchev–Trinajstić information content (AvgIpc) is 2.39. The highest BCUT2D eigenvalue weighted by atomic mass is 19.2. The Bertz CT molecular complexity index is 386. The lowest BCUT2D eigenvalue weighted by Crippen LogP contribution is -2.16. The van der Waals surface area contributed by atoms with Gasteiger partial charge in [0.1, 0.15) is 0 Å². The van der Waals surface area contributed by atoms with E-state index in [0.29, 0.717) is 6.42 Å². The number of benzene rings is 1. The van der Waals surface area contributed by atoms with Crippen LogP contribution in [0.15, 0.2) is 6.07 Å². The Morgan fingerprint density at radius 2 is 1.63 bits per heavy atom. The Hall–Kier alpha value is -1.30. The lowest BCUT2D eigenvalue weighted by molar-refractivity contribution is 0.264. The van der Waals surface area contributed by atoms with Gasteiger partial charge in [0.25, 0.3) is 0 Å². The summed E-state index contributed by atoms with van der Waals surface area (Å²) in [6.07, 6.45) is 2.31. The van der Waals surface area contributed by atoms with E-state index in [4.69, 9.17) is 4.74 Å². The number of unbranched alkanes of at least 4 members (excludes halogenated alkanes) is 1. The zero-order chi connectivity index (χ0) is 14.3. The number of hydrogen-bond acceptors (Lipinski definition) is 2. The maximum Gasteiger partial charge on any atom is 0.203 e. The van der Waals surface area contributed by atoms with E-state index < -0.39 is 29.0 Å². The Labute approximate surface area is 109 Å². The normalized spacial score (nSPS) is 10.8. The fraction of sp³-hybridized carbons (Fsp3) is 0.538. The summed E-state index contributed by atoms with van der Waals surface area (Å²) >= 11 is 0. The van der Waals surface area contributed by atoms with Gasteiger partial charge in [-0.25, -0.2) is 8.78 Å². The molecule has 0 aliphatic carbocycles. The van der Waals surface area contributed by atoms with E-state index in [0.717, 1.165) is 25.9 Å². The van der Waals surface area contributed by atoms with Gasteiger partial charge in [0.2, 0.25) is 11.6 Å². The molecule has 0 bridgehead atoms. The van der Waals surface area contributed by atoms with E-state index in [-0.39, 0.29) is 12.7 Å². The van der Waals surface area contributed by atoms with Gasteiger partial charge < -0.3 is 10.1 Å². The molecule has 0 heterocycles. The van der Waals surface area contributed by atoms with Crippen molar-refractivity contribution in [2.75, 3.05) is 19.7 Å². The summed E-state index contributed by atoms with van der Waals surface area (Å²) in [6.45, 7) is 3.71. The molecule has 19 heavy (non-hydrogen) atoms. The Morgan fingerprint density at radius 1 is 1.00 bits per heavy atom. The Kier molecular flexibility index (Phi) is 6.62. The van der Waals surface area contributed by atoms with Crippen molar-refractivity contribution in [3.8, 4) is 5.75 Å². The van der Waals surface area contributed by atoms with Gasteiger partial charge in [0, 0.05) is 6.07 Å². The molecule has 0 spiro atoms. The molecule has 0 aromatic heterocycles. The number of hydrogen-bond donors (Lipinski definition) is 1. The van der Waals surface area contributed by atoms with Crippen LogP contribution in [0.5, 0.6) is 5.75 Å². The van der Waals surface area contributed by atoms with Gasteiger partial charge in [-0.3, -0.25) is 0 Å². The van der Waals surface area contributed by atoms with E-state index >= 15 is 0 Å². The van der Waals surface area contributed by atoms with Gasteiger partial charge in [0.05, 0.1) is 6.61 Å². The lowest BCUT2D eigenvalue weighted by Gasteiger charge is -2.09. The summed E-state index contributed by atoms with van der Waals surface area (Å²) in [5, 5.41) is 3.15. The van der Waals surface area contributed by atoms with Crippen molar-refractivity contribution < 1.29 is 22.3 Å². The molecular weight excluding hydrogens is 262 g/mol. The number of halogens is 4. The molecule has 0 fully saturated rings. The standard InChI is InChI=1S/C13H17F4NO/c1-2-5-18-6-3-4-7-19-13-11(16)9(14)8-10(15)12(13)17/h8,18H,2-7H2,1H3. The molecular formula is C13H17F4NO. The first-order chi connectivity index (χ1) is 9.07. The Morgan fingerprint density at radius 3 is 2.21 bits per heavy atom. The number of rotatable bonds is 8. The third kappa shape index (κ3) is 4.70. The molecule has 0 atom stereocenters. The monoisotopic (exact) mass is 279 g/mol. The second kappa shape index (κ2) is 7.99. The summed E-state index contributed by atoms with van der Waals surface area (Å²) < 4.78 is 56.9. The molecule has 0 radical (unpaired) electrons. The summed E-state index contributed by atoms with van der Waals surface area (Å²) in [5.41, 5.74) is 0. The minimum atomic E-state index is -1.50. The molecule has 1 aromatic rings. The minimum absolute atomic E-state index is 0.00450. The van der Waals surface area contributed by atoms with Crippen molar-refractivity contribution in [3.63, 3.8) is 0 Å². The quantitative estimate of drug-likeness (QED) is 0.447. The average molecular weight is 279 g/mol. The van der Waals surface area contributed by atoms with Crippen LogP contribution in [0.4, 0.5) is 17.6 Å². The van der Waals surface area contributed by atoms with Crippen LogP contribution in [-0.4, -0.2) is 19.7 Å². The molecule has 108 valence electrons. The fourth-order valence-corrected chi connectivity index (χ4v) is 1.51. The van der Waals surface area contributed by atoms with E-state index in [1.165, 1.54) is 0 Å². The maximum absolute atomic E-state index is 13.2. The zero-order valence-corrected chi connectivity index (χ0v) is 10.7. The SMILES string of the molecule is CCCNCCCCOc1c(F)c(F)cc(F)c1F. The van der Waals surface area contributed by atoms with Gasteiger partial charge in [-0.15, -0.1) is 0 Å². The number of ether oxygens (including phenoxy) is 1. The number of nitrogens with one attached hydrogen (secondary N) is 1. The fourth-order valence-electron chi connectivity index (χ4n) is 1.51. The Balaban J connectivity index is 2.41. The van der Waals surface area contributed by atoms with Crippen molar-refractivity contribution in [2.45, 2.75) is 26.2 Å². The molecule has 0 saturated heterocycles. The van der Waals surface area contributed by atoms with Gasteiger partial charge in [-0.05, 0) is 32.4 Å². The topological polar surface area (TPSA) is 21.3 Å². The van der Waals surface area contributed by atoms with Crippen LogP contribution < -0.4 is 10.1 Å². The summed E-state index contributed by atoms with van der Waals surface area (Å²) in [4.78, 5) is 0. The second-order valence-electron chi connectivity index (χ2n) is 4.10. The highest BCUT2D eigenvalue weighted by molar-refractivity contribution is 5.28. The predicted molar refractivity (Wildman–Crippen MR) is 64.2 cm³/mol. The molecule has 1 aromatic carbocycles. The van der Waals surface area contributed by atoms with E-state index in [1.54, 1.807) is 0 Å².